The van der Waals surface area contributed by atoms with Crippen molar-refractivity contribution in [3.05, 3.63) is 0 Å². The Labute approximate surface area is 113 Å². The minimum atomic E-state index is -1.38. The quantitative estimate of drug-likeness (QED) is 0.798. The first-order valence-corrected chi connectivity index (χ1v) is 6.95. The van der Waals surface area contributed by atoms with Crippen molar-refractivity contribution in [2.45, 2.75) is 57.7 Å². The van der Waals surface area contributed by atoms with E-state index in [1.807, 2.05) is 20.8 Å². The SMILES string of the molecule is CC(C)(C)OC(=O)N1CCC2(CC1)CC(F)(CO)C2. The van der Waals surface area contributed by atoms with Gasteiger partial charge in [-0.3, -0.25) is 0 Å². The molecule has 0 aromatic carbocycles. The summed E-state index contributed by atoms with van der Waals surface area (Å²) in [5.41, 5.74) is -1.86. The van der Waals surface area contributed by atoms with Gasteiger partial charge in [-0.2, -0.15) is 0 Å². The maximum Gasteiger partial charge on any atom is 0.410 e. The van der Waals surface area contributed by atoms with Crippen LogP contribution in [0.3, 0.4) is 0 Å². The Morgan fingerprint density at radius 3 is 2.26 bits per heavy atom. The molecule has 4 nitrogen and oxygen atoms in total. The lowest BCUT2D eigenvalue weighted by Gasteiger charge is -2.54. The molecule has 1 amide bonds. The van der Waals surface area contributed by atoms with E-state index in [2.05, 4.69) is 0 Å². The summed E-state index contributed by atoms with van der Waals surface area (Å²) in [6.45, 7) is 6.40. The third-order valence-electron chi connectivity index (χ3n) is 4.14. The van der Waals surface area contributed by atoms with Crippen molar-refractivity contribution in [3.8, 4) is 0 Å². The van der Waals surface area contributed by atoms with Crippen molar-refractivity contribution in [3.63, 3.8) is 0 Å². The molecule has 1 N–H and O–H groups in total. The predicted molar refractivity (Wildman–Crippen MR) is 69.6 cm³/mol. The van der Waals surface area contributed by atoms with Crippen molar-refractivity contribution in [2.24, 2.45) is 5.41 Å². The second-order valence-corrected chi connectivity index (χ2v) is 7.13. The van der Waals surface area contributed by atoms with Gasteiger partial charge in [-0.15, -0.1) is 0 Å². The van der Waals surface area contributed by atoms with Gasteiger partial charge in [0.15, 0.2) is 0 Å². The molecule has 1 heterocycles. The van der Waals surface area contributed by atoms with Crippen LogP contribution in [0.2, 0.25) is 0 Å². The zero-order valence-corrected chi connectivity index (χ0v) is 12.0. The smallest absolute Gasteiger partial charge is 0.410 e. The molecular weight excluding hydrogens is 249 g/mol. The summed E-state index contributed by atoms with van der Waals surface area (Å²) in [6, 6.07) is 0. The molecule has 5 heteroatoms. The van der Waals surface area contributed by atoms with Crippen LogP contribution in [-0.2, 0) is 4.74 Å². The topological polar surface area (TPSA) is 49.8 Å². The number of alkyl halides is 1. The Morgan fingerprint density at radius 2 is 1.84 bits per heavy atom. The highest BCUT2D eigenvalue weighted by Gasteiger charge is 2.55. The minimum absolute atomic E-state index is 0.00398. The monoisotopic (exact) mass is 273 g/mol. The molecule has 0 atom stereocenters. The number of aliphatic hydroxyl groups is 1. The van der Waals surface area contributed by atoms with Crippen LogP contribution < -0.4 is 0 Å². The lowest BCUT2D eigenvalue weighted by atomic mass is 9.56. The van der Waals surface area contributed by atoms with Crippen LogP contribution in [-0.4, -0.2) is 47.1 Å². The molecule has 0 bridgehead atoms. The maximum absolute atomic E-state index is 13.8. The molecule has 2 rings (SSSR count). The number of halogens is 1. The normalized spacial score (nSPS) is 25.0. The van der Waals surface area contributed by atoms with E-state index in [0.29, 0.717) is 25.9 Å². The number of ether oxygens (including phenoxy) is 1. The Hall–Kier alpha value is -0.840. The van der Waals surface area contributed by atoms with Gasteiger partial charge in [0.1, 0.15) is 11.3 Å². The molecule has 19 heavy (non-hydrogen) atoms. The second-order valence-electron chi connectivity index (χ2n) is 7.13. The molecule has 1 saturated carbocycles. The van der Waals surface area contributed by atoms with Gasteiger partial charge >= 0.3 is 6.09 Å². The highest BCUT2D eigenvalue weighted by Crippen LogP contribution is 2.56. The van der Waals surface area contributed by atoms with Gasteiger partial charge in [0.25, 0.3) is 0 Å². The lowest BCUT2D eigenvalue weighted by Crippen LogP contribution is -2.56. The van der Waals surface area contributed by atoms with Crippen LogP contribution in [0.25, 0.3) is 0 Å². The standard InChI is InChI=1S/C14H24FNO3/c1-12(2,3)19-11(18)16-6-4-13(5-7-16)8-14(15,9-13)10-17/h17H,4-10H2,1-3H3. The predicted octanol–water partition coefficient (Wildman–Crippen LogP) is 2.50. The molecule has 110 valence electrons. The lowest BCUT2D eigenvalue weighted by molar-refractivity contribution is -0.121. The molecule has 1 spiro atoms. The van der Waals surface area contributed by atoms with Crippen molar-refractivity contribution < 1.29 is 19.0 Å². The van der Waals surface area contributed by atoms with E-state index < -0.39 is 11.3 Å². The van der Waals surface area contributed by atoms with E-state index in [9.17, 15) is 9.18 Å². The van der Waals surface area contributed by atoms with Gasteiger partial charge in [0, 0.05) is 13.1 Å². The molecule has 0 aromatic heterocycles. The molecular formula is C14H24FNO3. The van der Waals surface area contributed by atoms with Crippen LogP contribution in [0.15, 0.2) is 0 Å². The number of rotatable bonds is 1. The van der Waals surface area contributed by atoms with Crippen LogP contribution >= 0.6 is 0 Å². The van der Waals surface area contributed by atoms with E-state index in [1.54, 1.807) is 4.90 Å². The van der Waals surface area contributed by atoms with Gasteiger partial charge in [-0.05, 0) is 51.9 Å². The van der Waals surface area contributed by atoms with Crippen LogP contribution in [0.1, 0.15) is 46.5 Å². The second kappa shape index (κ2) is 4.62. The molecule has 1 aliphatic carbocycles. The third kappa shape index (κ3) is 3.19. The summed E-state index contributed by atoms with van der Waals surface area (Å²) in [7, 11) is 0. The fourth-order valence-corrected chi connectivity index (χ4v) is 3.25. The number of likely N-dealkylation sites (tertiary alicyclic amines) is 1. The number of carbonyl (C=O) groups is 1. The largest absolute Gasteiger partial charge is 0.444 e. The van der Waals surface area contributed by atoms with Crippen LogP contribution in [0, 0.1) is 5.41 Å². The van der Waals surface area contributed by atoms with Gasteiger partial charge in [0.05, 0.1) is 6.61 Å². The average Bonchev–Trinajstić information content (AvgIpc) is 2.25. The van der Waals surface area contributed by atoms with E-state index in [-0.39, 0.29) is 18.1 Å². The summed E-state index contributed by atoms with van der Waals surface area (Å²) in [6.07, 6.45) is 2.18. The summed E-state index contributed by atoms with van der Waals surface area (Å²) in [5.74, 6) is 0. The third-order valence-corrected chi connectivity index (χ3v) is 4.14. The number of carbonyl (C=O) groups excluding carboxylic acids is 1. The molecule has 1 aliphatic heterocycles. The maximum atomic E-state index is 13.8. The fourth-order valence-electron chi connectivity index (χ4n) is 3.25. The van der Waals surface area contributed by atoms with Crippen molar-refractivity contribution in [2.75, 3.05) is 19.7 Å². The average molecular weight is 273 g/mol. The molecule has 2 fully saturated rings. The van der Waals surface area contributed by atoms with Gasteiger partial charge in [0.2, 0.25) is 0 Å². The first-order chi connectivity index (χ1) is 8.67. The number of nitrogens with zero attached hydrogens (tertiary/aromatic N) is 1. The van der Waals surface area contributed by atoms with E-state index >= 15 is 0 Å². The van der Waals surface area contributed by atoms with Crippen molar-refractivity contribution in [1.82, 2.24) is 4.90 Å². The number of piperidine rings is 1. The molecule has 0 aromatic rings. The summed E-state index contributed by atoms with van der Waals surface area (Å²) < 4.78 is 19.1. The Bertz CT molecular complexity index is 348. The summed E-state index contributed by atoms with van der Waals surface area (Å²) >= 11 is 0. The number of hydrogen-bond acceptors (Lipinski definition) is 3. The molecule has 0 unspecified atom stereocenters. The zero-order chi connectivity index (χ0) is 14.3. The first-order valence-electron chi connectivity index (χ1n) is 6.95. The fraction of sp³-hybridized carbons (Fsp3) is 0.929. The number of amides is 1. The van der Waals surface area contributed by atoms with E-state index in [1.165, 1.54) is 0 Å². The van der Waals surface area contributed by atoms with E-state index in [0.717, 1.165) is 12.8 Å². The minimum Gasteiger partial charge on any atom is -0.444 e. The first kappa shape index (κ1) is 14.6. The van der Waals surface area contributed by atoms with Gasteiger partial charge in [-0.25, -0.2) is 9.18 Å². The summed E-state index contributed by atoms with van der Waals surface area (Å²) in [4.78, 5) is 13.6. The summed E-state index contributed by atoms with van der Waals surface area (Å²) in [5, 5.41) is 8.97. The molecule has 0 radical (unpaired) electrons. The van der Waals surface area contributed by atoms with Gasteiger partial charge in [-0.1, -0.05) is 0 Å². The highest BCUT2D eigenvalue weighted by atomic mass is 19.1. The zero-order valence-electron chi connectivity index (χ0n) is 12.0. The Kier molecular flexibility index (Phi) is 3.54. The highest BCUT2D eigenvalue weighted by molar-refractivity contribution is 5.68. The molecule has 2 aliphatic rings. The van der Waals surface area contributed by atoms with E-state index in [4.69, 9.17) is 9.84 Å². The van der Waals surface area contributed by atoms with Crippen molar-refractivity contribution >= 4 is 6.09 Å². The number of hydrogen-bond donors (Lipinski definition) is 1. The number of aliphatic hydroxyl groups excluding tert-OH is 1. The van der Waals surface area contributed by atoms with Crippen molar-refractivity contribution in [1.29, 1.82) is 0 Å². The van der Waals surface area contributed by atoms with Gasteiger partial charge < -0.3 is 14.7 Å². The molecule has 1 saturated heterocycles. The van der Waals surface area contributed by atoms with Crippen LogP contribution in [0.4, 0.5) is 9.18 Å². The Morgan fingerprint density at radius 1 is 1.32 bits per heavy atom. The van der Waals surface area contributed by atoms with Crippen LogP contribution in [0.5, 0.6) is 0 Å². The Balaban J connectivity index is 1.82.